The predicted octanol–water partition coefficient (Wildman–Crippen LogP) is 4.99. The minimum atomic E-state index is -0.568. The van der Waals surface area contributed by atoms with E-state index in [1.165, 1.54) is 30.5 Å². The number of ether oxygens (including phenoxy) is 2. The predicted molar refractivity (Wildman–Crippen MR) is 92.4 cm³/mol. The average Bonchev–Trinajstić information content (AvgIpc) is 3.17. The zero-order valence-electron chi connectivity index (χ0n) is 13.3. The number of para-hydroxylation sites is 1. The second-order valence-electron chi connectivity index (χ2n) is 5.14. The molecular formula is C18H12ClNO6. The van der Waals surface area contributed by atoms with Crippen molar-refractivity contribution >= 4 is 23.3 Å². The first-order valence-electron chi connectivity index (χ1n) is 7.45. The van der Waals surface area contributed by atoms with Gasteiger partial charge in [-0.15, -0.1) is 0 Å². The average molecular weight is 374 g/mol. The van der Waals surface area contributed by atoms with Crippen molar-refractivity contribution in [3.63, 3.8) is 0 Å². The summed E-state index contributed by atoms with van der Waals surface area (Å²) in [5.74, 6) is -0.114. The first-order valence-corrected chi connectivity index (χ1v) is 7.82. The van der Waals surface area contributed by atoms with Crippen LogP contribution >= 0.6 is 11.6 Å². The van der Waals surface area contributed by atoms with Crippen LogP contribution in [0.2, 0.25) is 5.02 Å². The number of carbonyl (C=O) groups is 1. The molecule has 0 saturated heterocycles. The molecule has 0 aliphatic carbocycles. The van der Waals surface area contributed by atoms with Crippen molar-refractivity contribution in [2.24, 2.45) is 0 Å². The maximum Gasteiger partial charge on any atom is 0.374 e. The van der Waals surface area contributed by atoms with Crippen LogP contribution in [0.4, 0.5) is 5.69 Å². The van der Waals surface area contributed by atoms with E-state index >= 15 is 0 Å². The number of hydrogen-bond acceptors (Lipinski definition) is 6. The SMILES string of the molecule is O=C(OCc1ccc(Oc2c(Cl)cccc2[N+](=O)[O-])cc1)c1ccco1. The first-order chi connectivity index (χ1) is 12.5. The summed E-state index contributed by atoms with van der Waals surface area (Å²) in [6.07, 6.45) is 1.39. The molecule has 132 valence electrons. The minimum Gasteiger partial charge on any atom is -0.457 e. The second kappa shape index (κ2) is 7.71. The van der Waals surface area contributed by atoms with Crippen LogP contribution in [0, 0.1) is 10.1 Å². The van der Waals surface area contributed by atoms with Gasteiger partial charge in [-0.2, -0.15) is 0 Å². The lowest BCUT2D eigenvalue weighted by atomic mass is 10.2. The third-order valence-electron chi connectivity index (χ3n) is 3.38. The summed E-state index contributed by atoms with van der Waals surface area (Å²) in [6.45, 7) is 0.0477. The Hall–Kier alpha value is -3.32. The fourth-order valence-corrected chi connectivity index (χ4v) is 2.34. The van der Waals surface area contributed by atoms with Crippen molar-refractivity contribution < 1.29 is 23.6 Å². The molecule has 0 aliphatic rings. The minimum absolute atomic E-state index is 0.0313. The Bertz CT molecular complexity index is 921. The van der Waals surface area contributed by atoms with Crippen LogP contribution in [-0.4, -0.2) is 10.9 Å². The van der Waals surface area contributed by atoms with Crippen LogP contribution in [0.15, 0.2) is 65.3 Å². The van der Waals surface area contributed by atoms with Gasteiger partial charge in [-0.3, -0.25) is 10.1 Å². The molecular weight excluding hydrogens is 362 g/mol. The lowest BCUT2D eigenvalue weighted by Gasteiger charge is -2.09. The highest BCUT2D eigenvalue weighted by atomic mass is 35.5. The Balaban J connectivity index is 1.67. The number of rotatable bonds is 6. The molecule has 7 nitrogen and oxygen atoms in total. The highest BCUT2D eigenvalue weighted by molar-refractivity contribution is 6.32. The molecule has 0 amide bonds. The van der Waals surface area contributed by atoms with Gasteiger partial charge in [-0.25, -0.2) is 4.79 Å². The van der Waals surface area contributed by atoms with E-state index in [-0.39, 0.29) is 28.8 Å². The zero-order valence-corrected chi connectivity index (χ0v) is 14.0. The summed E-state index contributed by atoms with van der Waals surface area (Å²) >= 11 is 5.99. The number of nitro groups is 1. The van der Waals surface area contributed by atoms with Gasteiger partial charge in [0.05, 0.1) is 16.2 Å². The maximum atomic E-state index is 11.7. The summed E-state index contributed by atoms with van der Waals surface area (Å²) in [4.78, 5) is 22.2. The van der Waals surface area contributed by atoms with Gasteiger partial charge in [0, 0.05) is 6.07 Å². The fraction of sp³-hybridized carbons (Fsp3) is 0.0556. The maximum absolute atomic E-state index is 11.7. The molecule has 3 rings (SSSR count). The molecule has 3 aromatic rings. The molecule has 0 N–H and O–H groups in total. The monoisotopic (exact) mass is 373 g/mol. The van der Waals surface area contributed by atoms with Gasteiger partial charge in [0.2, 0.25) is 11.5 Å². The smallest absolute Gasteiger partial charge is 0.374 e. The number of esters is 1. The molecule has 0 saturated carbocycles. The van der Waals surface area contributed by atoms with E-state index < -0.39 is 10.9 Å². The molecule has 0 bridgehead atoms. The Morgan fingerprint density at radius 1 is 1.12 bits per heavy atom. The lowest BCUT2D eigenvalue weighted by molar-refractivity contribution is -0.385. The normalized spacial score (nSPS) is 10.3. The van der Waals surface area contributed by atoms with Crippen LogP contribution < -0.4 is 4.74 Å². The number of nitrogens with zero attached hydrogens (tertiary/aromatic N) is 1. The van der Waals surface area contributed by atoms with E-state index in [0.717, 1.165) is 0 Å². The highest BCUT2D eigenvalue weighted by Crippen LogP contribution is 2.37. The topological polar surface area (TPSA) is 91.8 Å². The van der Waals surface area contributed by atoms with E-state index in [0.29, 0.717) is 11.3 Å². The second-order valence-corrected chi connectivity index (χ2v) is 5.55. The van der Waals surface area contributed by atoms with Crippen molar-refractivity contribution in [1.29, 1.82) is 0 Å². The van der Waals surface area contributed by atoms with Crippen molar-refractivity contribution in [3.8, 4) is 11.5 Å². The molecule has 2 aromatic carbocycles. The number of furan rings is 1. The van der Waals surface area contributed by atoms with Crippen LogP contribution in [0.3, 0.4) is 0 Å². The van der Waals surface area contributed by atoms with Gasteiger partial charge in [0.25, 0.3) is 0 Å². The van der Waals surface area contributed by atoms with Gasteiger partial charge in [0.1, 0.15) is 12.4 Å². The quantitative estimate of drug-likeness (QED) is 0.343. The standard InChI is InChI=1S/C18H12ClNO6/c19-14-3-1-4-15(20(22)23)17(14)26-13-8-6-12(7-9-13)11-25-18(21)16-5-2-10-24-16/h1-10H,11H2. The van der Waals surface area contributed by atoms with Crippen molar-refractivity contribution in [3.05, 3.63) is 87.3 Å². The zero-order chi connectivity index (χ0) is 18.5. The fourth-order valence-electron chi connectivity index (χ4n) is 2.13. The van der Waals surface area contributed by atoms with Gasteiger partial charge in [0.15, 0.2) is 0 Å². The third kappa shape index (κ3) is 4.01. The number of nitro benzene ring substituents is 1. The summed E-state index contributed by atoms with van der Waals surface area (Å²) in [5, 5.41) is 11.2. The van der Waals surface area contributed by atoms with E-state index in [1.54, 1.807) is 30.3 Å². The first kappa shape index (κ1) is 17.5. The van der Waals surface area contributed by atoms with E-state index in [1.807, 2.05) is 0 Å². The van der Waals surface area contributed by atoms with Gasteiger partial charge in [-0.1, -0.05) is 29.8 Å². The van der Waals surface area contributed by atoms with Gasteiger partial charge < -0.3 is 13.9 Å². The van der Waals surface area contributed by atoms with Crippen molar-refractivity contribution in [1.82, 2.24) is 0 Å². The molecule has 8 heteroatoms. The molecule has 0 atom stereocenters. The van der Waals surface area contributed by atoms with Crippen molar-refractivity contribution in [2.45, 2.75) is 6.61 Å². The molecule has 0 spiro atoms. The number of benzene rings is 2. The van der Waals surface area contributed by atoms with Crippen LogP contribution in [0.1, 0.15) is 16.1 Å². The summed E-state index contributed by atoms with van der Waals surface area (Å²) in [6, 6.07) is 13.9. The third-order valence-corrected chi connectivity index (χ3v) is 3.68. The van der Waals surface area contributed by atoms with E-state index in [4.69, 9.17) is 25.5 Å². The summed E-state index contributed by atoms with van der Waals surface area (Å²) in [5.41, 5.74) is 0.486. The summed E-state index contributed by atoms with van der Waals surface area (Å²) < 4.78 is 15.6. The Morgan fingerprint density at radius 2 is 1.88 bits per heavy atom. The van der Waals surface area contributed by atoms with Crippen LogP contribution in [0.25, 0.3) is 0 Å². The number of hydrogen-bond donors (Lipinski definition) is 0. The Kier molecular flexibility index (Phi) is 5.19. The van der Waals surface area contributed by atoms with Crippen LogP contribution in [0.5, 0.6) is 11.5 Å². The molecule has 0 unspecified atom stereocenters. The van der Waals surface area contributed by atoms with Crippen LogP contribution in [-0.2, 0) is 11.3 Å². The van der Waals surface area contributed by atoms with E-state index in [2.05, 4.69) is 0 Å². The van der Waals surface area contributed by atoms with Gasteiger partial charge in [-0.05, 0) is 35.9 Å². The Labute approximate surface area is 152 Å². The number of halogens is 1. The molecule has 1 heterocycles. The lowest BCUT2D eigenvalue weighted by Crippen LogP contribution is -2.03. The highest BCUT2D eigenvalue weighted by Gasteiger charge is 2.19. The van der Waals surface area contributed by atoms with Crippen molar-refractivity contribution in [2.75, 3.05) is 0 Å². The summed E-state index contributed by atoms with van der Waals surface area (Å²) in [7, 11) is 0. The molecule has 26 heavy (non-hydrogen) atoms. The van der Waals surface area contributed by atoms with Gasteiger partial charge >= 0.3 is 11.7 Å². The Morgan fingerprint density at radius 3 is 2.54 bits per heavy atom. The molecule has 0 radical (unpaired) electrons. The number of carbonyl (C=O) groups excluding carboxylic acids is 1. The molecule has 0 aliphatic heterocycles. The largest absolute Gasteiger partial charge is 0.457 e. The molecule has 0 fully saturated rings. The molecule has 1 aromatic heterocycles. The van der Waals surface area contributed by atoms with E-state index in [9.17, 15) is 14.9 Å².